The molecule has 2 aromatic rings. The number of nitrogens with two attached hydrogens (primary N) is 1. The fraction of sp³-hybridized carbons (Fsp3) is 0.312. The minimum absolute atomic E-state index is 0.169. The van der Waals surface area contributed by atoms with Crippen LogP contribution in [0.5, 0.6) is 0 Å². The Balaban J connectivity index is 2.34. The molecule has 3 heterocycles. The molecule has 0 bridgehead atoms. The molecule has 23 heavy (non-hydrogen) atoms. The lowest BCUT2D eigenvalue weighted by Gasteiger charge is -2.23. The first kappa shape index (κ1) is 15.2. The molecule has 7 heteroatoms. The Morgan fingerprint density at radius 1 is 1.61 bits per heavy atom. The van der Waals surface area contributed by atoms with Gasteiger partial charge in [0.05, 0.1) is 35.0 Å². The van der Waals surface area contributed by atoms with Gasteiger partial charge in [0.25, 0.3) is 0 Å². The van der Waals surface area contributed by atoms with Gasteiger partial charge in [-0.05, 0) is 25.0 Å². The van der Waals surface area contributed by atoms with Crippen molar-refractivity contribution < 1.29 is 14.3 Å². The second-order valence-corrected chi connectivity index (χ2v) is 5.49. The van der Waals surface area contributed by atoms with Crippen LogP contribution in [0.1, 0.15) is 35.8 Å². The Kier molecular flexibility index (Phi) is 3.84. The molecule has 6 nitrogen and oxygen atoms in total. The van der Waals surface area contributed by atoms with Crippen LogP contribution in [0.2, 0.25) is 0 Å². The molecule has 0 spiro atoms. The summed E-state index contributed by atoms with van der Waals surface area (Å²) in [5.74, 6) is -1.30. The largest absolute Gasteiger partial charge is 0.387 e. The Labute approximate surface area is 132 Å². The summed E-state index contributed by atoms with van der Waals surface area (Å²) in [7, 11) is 0. The van der Waals surface area contributed by atoms with E-state index in [1.54, 1.807) is 10.6 Å². The highest BCUT2D eigenvalue weighted by Gasteiger charge is 2.31. The van der Waals surface area contributed by atoms with Crippen molar-refractivity contribution in [3.05, 3.63) is 41.1 Å². The molecule has 1 aliphatic heterocycles. The molecule has 118 valence electrons. The molecule has 0 fully saturated rings. The minimum atomic E-state index is -0.807. The zero-order valence-corrected chi connectivity index (χ0v) is 12.3. The molecule has 3 rings (SSSR count). The van der Waals surface area contributed by atoms with Gasteiger partial charge >= 0.3 is 0 Å². The number of nitrogens with zero attached hydrogens (tertiary/aromatic N) is 3. The zero-order valence-electron chi connectivity index (χ0n) is 12.3. The highest BCUT2D eigenvalue weighted by molar-refractivity contribution is 5.81. The van der Waals surface area contributed by atoms with Crippen molar-refractivity contribution in [2.75, 3.05) is 0 Å². The molecule has 0 radical (unpaired) electrons. The lowest BCUT2D eigenvalue weighted by atomic mass is 9.99. The normalized spacial score (nSPS) is 16.7. The molecule has 0 aliphatic carbocycles. The molecule has 3 N–H and O–H groups in total. The molecule has 2 aromatic heterocycles. The lowest BCUT2D eigenvalue weighted by molar-refractivity contribution is -0.117. The molecule has 1 aliphatic rings. The number of carbonyl (C=O) groups is 1. The van der Waals surface area contributed by atoms with Gasteiger partial charge in [-0.3, -0.25) is 4.79 Å². The van der Waals surface area contributed by atoms with E-state index in [-0.39, 0.29) is 17.5 Å². The summed E-state index contributed by atoms with van der Waals surface area (Å²) in [4.78, 5) is 15.0. The number of hydrogen-bond acceptors (Lipinski definition) is 4. The number of aliphatic hydroxyl groups is 1. The van der Waals surface area contributed by atoms with E-state index in [1.807, 2.05) is 6.07 Å². The Hall–Kier alpha value is -2.72. The molecule has 0 aromatic carbocycles. The van der Waals surface area contributed by atoms with Crippen molar-refractivity contribution in [1.29, 1.82) is 5.26 Å². The van der Waals surface area contributed by atoms with E-state index in [0.29, 0.717) is 36.3 Å². The third kappa shape index (κ3) is 2.47. The number of hydrogen-bond donors (Lipinski definition) is 2. The first-order chi connectivity index (χ1) is 11.0. The number of primary amides is 1. The molecular weight excluding hydrogens is 299 g/mol. The van der Waals surface area contributed by atoms with Crippen molar-refractivity contribution in [2.45, 2.75) is 31.9 Å². The number of fused-ring (bicyclic) bond motifs is 1. The molecule has 1 unspecified atom stereocenters. The van der Waals surface area contributed by atoms with Crippen LogP contribution in [-0.4, -0.2) is 20.6 Å². The maximum absolute atomic E-state index is 14.1. The Morgan fingerprint density at radius 3 is 3.04 bits per heavy atom. The first-order valence-electron chi connectivity index (χ1n) is 7.27. The Morgan fingerprint density at radius 2 is 2.39 bits per heavy atom. The molecule has 1 amide bonds. The van der Waals surface area contributed by atoms with Crippen LogP contribution in [0.15, 0.2) is 18.3 Å². The van der Waals surface area contributed by atoms with Gasteiger partial charge in [-0.2, -0.15) is 9.65 Å². The number of nitriles is 1. The maximum Gasteiger partial charge on any atom is 0.222 e. The van der Waals surface area contributed by atoms with Crippen LogP contribution >= 0.6 is 0 Å². The lowest BCUT2D eigenvalue weighted by Crippen LogP contribution is -2.20. The van der Waals surface area contributed by atoms with Gasteiger partial charge in [0.15, 0.2) is 0 Å². The number of pyridine rings is 1. The van der Waals surface area contributed by atoms with Crippen molar-refractivity contribution >= 4 is 5.91 Å². The van der Waals surface area contributed by atoms with Crippen LogP contribution in [0.3, 0.4) is 0 Å². The third-order valence-corrected chi connectivity index (χ3v) is 4.06. The fourth-order valence-electron chi connectivity index (χ4n) is 3.20. The molecule has 1 atom stereocenters. The second kappa shape index (κ2) is 5.82. The van der Waals surface area contributed by atoms with Crippen LogP contribution in [0.25, 0.3) is 11.3 Å². The van der Waals surface area contributed by atoms with E-state index in [9.17, 15) is 19.6 Å². The molecular formula is C16H15FN4O2. The SMILES string of the molecule is N#Cc1c(CC(N)=O)c2n(c1-c1cccnc1F)CCCC2O. The van der Waals surface area contributed by atoms with Crippen molar-refractivity contribution in [3.63, 3.8) is 0 Å². The summed E-state index contributed by atoms with van der Waals surface area (Å²) in [6, 6.07) is 5.14. The molecule has 0 saturated carbocycles. The predicted molar refractivity (Wildman–Crippen MR) is 79.4 cm³/mol. The van der Waals surface area contributed by atoms with Crippen LogP contribution in [0.4, 0.5) is 4.39 Å². The van der Waals surface area contributed by atoms with Crippen molar-refractivity contribution in [1.82, 2.24) is 9.55 Å². The summed E-state index contributed by atoms with van der Waals surface area (Å²) < 4.78 is 15.9. The summed E-state index contributed by atoms with van der Waals surface area (Å²) in [6.07, 6.45) is 1.56. The summed E-state index contributed by atoms with van der Waals surface area (Å²) in [6.45, 7) is 0.531. The van der Waals surface area contributed by atoms with Gasteiger partial charge in [0, 0.05) is 18.3 Å². The number of rotatable bonds is 3. The summed E-state index contributed by atoms with van der Waals surface area (Å²) >= 11 is 0. The van der Waals surface area contributed by atoms with Gasteiger partial charge in [0.2, 0.25) is 11.9 Å². The standard InChI is InChI=1S/C16H15FN4O2/c17-16-9(3-1-5-20-16)14-11(8-18)10(7-13(19)23)15-12(22)4-2-6-21(14)15/h1,3,5,12,22H,2,4,6-7H2,(H2,19,23). The number of halogens is 1. The smallest absolute Gasteiger partial charge is 0.222 e. The van der Waals surface area contributed by atoms with Gasteiger partial charge in [-0.15, -0.1) is 0 Å². The Bertz CT molecular complexity index is 822. The number of aliphatic hydroxyl groups excluding tert-OH is 1. The van der Waals surface area contributed by atoms with E-state index in [0.717, 1.165) is 0 Å². The maximum atomic E-state index is 14.1. The van der Waals surface area contributed by atoms with Gasteiger partial charge in [-0.1, -0.05) is 0 Å². The predicted octanol–water partition coefficient (Wildman–Crippen LogP) is 1.42. The minimum Gasteiger partial charge on any atom is -0.387 e. The number of aromatic nitrogens is 2. The second-order valence-electron chi connectivity index (χ2n) is 5.49. The van der Waals surface area contributed by atoms with E-state index in [1.165, 1.54) is 12.3 Å². The molecule has 0 saturated heterocycles. The zero-order chi connectivity index (χ0) is 16.6. The van der Waals surface area contributed by atoms with E-state index in [4.69, 9.17) is 5.73 Å². The van der Waals surface area contributed by atoms with Gasteiger partial charge in [-0.25, -0.2) is 4.98 Å². The number of amides is 1. The fourth-order valence-corrected chi connectivity index (χ4v) is 3.20. The highest BCUT2D eigenvalue weighted by atomic mass is 19.1. The van der Waals surface area contributed by atoms with Gasteiger partial charge < -0.3 is 15.4 Å². The third-order valence-electron chi connectivity index (χ3n) is 4.06. The van der Waals surface area contributed by atoms with Crippen molar-refractivity contribution in [2.24, 2.45) is 5.73 Å². The monoisotopic (exact) mass is 314 g/mol. The summed E-state index contributed by atoms with van der Waals surface area (Å²) in [5, 5.41) is 19.9. The average molecular weight is 314 g/mol. The van der Waals surface area contributed by atoms with E-state index < -0.39 is 18.0 Å². The number of carbonyl (C=O) groups excluding carboxylic acids is 1. The van der Waals surface area contributed by atoms with E-state index in [2.05, 4.69) is 4.98 Å². The topological polar surface area (TPSA) is 105 Å². The van der Waals surface area contributed by atoms with Gasteiger partial charge in [0.1, 0.15) is 6.07 Å². The summed E-state index contributed by atoms with van der Waals surface area (Å²) in [5.41, 5.74) is 6.83. The van der Waals surface area contributed by atoms with E-state index >= 15 is 0 Å². The highest BCUT2D eigenvalue weighted by Crippen LogP contribution is 2.39. The average Bonchev–Trinajstić information content (AvgIpc) is 2.82. The van der Waals surface area contributed by atoms with Crippen LogP contribution in [0, 0.1) is 17.3 Å². The quantitative estimate of drug-likeness (QED) is 0.836. The van der Waals surface area contributed by atoms with Crippen LogP contribution < -0.4 is 5.73 Å². The van der Waals surface area contributed by atoms with Crippen LogP contribution in [-0.2, 0) is 17.8 Å². The first-order valence-corrected chi connectivity index (χ1v) is 7.27. The van der Waals surface area contributed by atoms with Crippen molar-refractivity contribution in [3.8, 4) is 17.3 Å².